The molecule has 0 aliphatic carbocycles. The van der Waals surface area contributed by atoms with Crippen molar-refractivity contribution in [2.24, 2.45) is 0 Å². The van der Waals surface area contributed by atoms with E-state index >= 15 is 0 Å². The van der Waals surface area contributed by atoms with Crippen LogP contribution in [0.4, 0.5) is 0 Å². The molecule has 0 bridgehead atoms. The normalized spacial score (nSPS) is 12.4. The minimum atomic E-state index is -0.994. The average molecular weight is 215 g/mol. The Labute approximate surface area is 86.9 Å². The van der Waals surface area contributed by atoms with E-state index in [1.165, 1.54) is 0 Å². The second-order valence-electron chi connectivity index (χ2n) is 3.08. The maximum atomic E-state index is 10.3. The van der Waals surface area contributed by atoms with Gasteiger partial charge in [0.05, 0.1) is 12.5 Å². The highest BCUT2D eigenvalue weighted by Gasteiger charge is 2.09. The lowest BCUT2D eigenvalue weighted by molar-refractivity contribution is -0.139. The molecule has 1 rings (SSSR count). The van der Waals surface area contributed by atoms with Crippen LogP contribution in [-0.2, 0) is 11.2 Å². The molecule has 0 aromatic heterocycles. The van der Waals surface area contributed by atoms with Gasteiger partial charge in [-0.25, -0.2) is 0 Å². The van der Waals surface area contributed by atoms with E-state index in [2.05, 4.69) is 0 Å². The van der Waals surface area contributed by atoms with Gasteiger partial charge < -0.3 is 10.2 Å². The van der Waals surface area contributed by atoms with Gasteiger partial charge in [-0.15, -0.1) is 0 Å². The average Bonchev–Trinajstić information content (AvgIpc) is 2.07. The molecule has 1 aromatic rings. The van der Waals surface area contributed by atoms with Gasteiger partial charge in [0.2, 0.25) is 0 Å². The lowest BCUT2D eigenvalue weighted by atomic mass is 10.1. The lowest BCUT2D eigenvalue weighted by Gasteiger charge is -2.07. The van der Waals surface area contributed by atoms with Gasteiger partial charge in [-0.3, -0.25) is 4.79 Å². The van der Waals surface area contributed by atoms with Gasteiger partial charge in [0, 0.05) is 5.02 Å². The monoisotopic (exact) mass is 214 g/mol. The number of aliphatic hydroxyl groups is 1. The molecule has 0 spiro atoms. The molecule has 1 atom stereocenters. The summed E-state index contributed by atoms with van der Waals surface area (Å²) in [6.45, 7) is 0. The fourth-order valence-electron chi connectivity index (χ4n) is 1.17. The Morgan fingerprint density at radius 2 is 1.93 bits per heavy atom. The number of carboxylic acid groups (broad SMARTS) is 1. The molecule has 1 aromatic carbocycles. The van der Waals surface area contributed by atoms with Crippen molar-refractivity contribution in [3.05, 3.63) is 34.9 Å². The molecule has 0 aliphatic heterocycles. The predicted octanol–water partition coefficient (Wildman–Crippen LogP) is 1.72. The Morgan fingerprint density at radius 3 is 2.43 bits per heavy atom. The first-order valence-corrected chi connectivity index (χ1v) is 4.60. The summed E-state index contributed by atoms with van der Waals surface area (Å²) in [5, 5.41) is 18.4. The van der Waals surface area contributed by atoms with Gasteiger partial charge in [0.15, 0.2) is 0 Å². The van der Waals surface area contributed by atoms with Crippen LogP contribution in [0.1, 0.15) is 12.0 Å². The van der Waals surface area contributed by atoms with Crippen LogP contribution in [0.5, 0.6) is 0 Å². The van der Waals surface area contributed by atoms with Crippen molar-refractivity contribution >= 4 is 17.6 Å². The number of carbonyl (C=O) groups is 1. The SMILES string of the molecule is O=C(O)CC(O)Cc1ccc(Cl)cc1. The van der Waals surface area contributed by atoms with E-state index in [0.29, 0.717) is 11.4 Å². The zero-order valence-corrected chi connectivity index (χ0v) is 8.24. The van der Waals surface area contributed by atoms with E-state index in [9.17, 15) is 9.90 Å². The predicted molar refractivity (Wildman–Crippen MR) is 53.4 cm³/mol. The molecule has 4 heteroatoms. The number of aliphatic hydroxyl groups excluding tert-OH is 1. The second-order valence-corrected chi connectivity index (χ2v) is 3.52. The van der Waals surface area contributed by atoms with Crippen molar-refractivity contribution < 1.29 is 15.0 Å². The number of halogens is 1. The van der Waals surface area contributed by atoms with Crippen LogP contribution in [0.3, 0.4) is 0 Å². The summed E-state index contributed by atoms with van der Waals surface area (Å²) < 4.78 is 0. The largest absolute Gasteiger partial charge is 0.481 e. The quantitative estimate of drug-likeness (QED) is 0.803. The van der Waals surface area contributed by atoms with Gasteiger partial charge in [0.1, 0.15) is 0 Å². The number of benzene rings is 1. The summed E-state index contributed by atoms with van der Waals surface area (Å²) >= 11 is 5.68. The smallest absolute Gasteiger partial charge is 0.305 e. The van der Waals surface area contributed by atoms with Gasteiger partial charge in [-0.2, -0.15) is 0 Å². The molecule has 3 nitrogen and oxygen atoms in total. The van der Waals surface area contributed by atoms with Gasteiger partial charge >= 0.3 is 5.97 Å². The first-order chi connectivity index (χ1) is 6.58. The third-order valence-corrected chi connectivity index (χ3v) is 2.05. The summed E-state index contributed by atoms with van der Waals surface area (Å²) in [5.74, 6) is -0.994. The molecule has 2 N–H and O–H groups in total. The highest BCUT2D eigenvalue weighted by Crippen LogP contribution is 2.11. The molecule has 0 saturated carbocycles. The van der Waals surface area contributed by atoms with E-state index < -0.39 is 12.1 Å². The van der Waals surface area contributed by atoms with Crippen molar-refractivity contribution in [3.63, 3.8) is 0 Å². The van der Waals surface area contributed by atoms with Crippen LogP contribution in [0.25, 0.3) is 0 Å². The van der Waals surface area contributed by atoms with E-state index in [1.54, 1.807) is 24.3 Å². The van der Waals surface area contributed by atoms with Crippen LogP contribution < -0.4 is 0 Å². The van der Waals surface area contributed by atoms with E-state index in [1.807, 2.05) is 0 Å². The Kier molecular flexibility index (Phi) is 3.92. The van der Waals surface area contributed by atoms with Crippen molar-refractivity contribution in [2.75, 3.05) is 0 Å². The molecule has 0 fully saturated rings. The molecule has 14 heavy (non-hydrogen) atoms. The molecule has 0 saturated heterocycles. The van der Waals surface area contributed by atoms with Gasteiger partial charge in [-0.05, 0) is 24.1 Å². The fourth-order valence-corrected chi connectivity index (χ4v) is 1.29. The summed E-state index contributed by atoms with van der Waals surface area (Å²) in [6.07, 6.45) is -0.736. The maximum Gasteiger partial charge on any atom is 0.305 e. The lowest BCUT2D eigenvalue weighted by Crippen LogP contribution is -2.15. The summed E-state index contributed by atoms with van der Waals surface area (Å²) in [4.78, 5) is 10.3. The number of aliphatic carboxylic acids is 1. The van der Waals surface area contributed by atoms with Crippen LogP contribution in [0.15, 0.2) is 24.3 Å². The highest BCUT2D eigenvalue weighted by atomic mass is 35.5. The van der Waals surface area contributed by atoms with Crippen LogP contribution in [0.2, 0.25) is 5.02 Å². The molecular formula is C10H11ClO3. The Hall–Kier alpha value is -1.06. The maximum absolute atomic E-state index is 10.3. The first kappa shape index (κ1) is 11.0. The third-order valence-electron chi connectivity index (χ3n) is 1.79. The fraction of sp³-hybridized carbons (Fsp3) is 0.300. The van der Waals surface area contributed by atoms with E-state index in [-0.39, 0.29) is 6.42 Å². The molecular weight excluding hydrogens is 204 g/mol. The molecule has 0 heterocycles. The zero-order chi connectivity index (χ0) is 10.6. The van der Waals surface area contributed by atoms with Gasteiger partial charge in [-0.1, -0.05) is 23.7 Å². The molecule has 1 unspecified atom stereocenters. The first-order valence-electron chi connectivity index (χ1n) is 4.22. The molecule has 0 amide bonds. The van der Waals surface area contributed by atoms with Crippen LogP contribution in [-0.4, -0.2) is 22.3 Å². The minimum Gasteiger partial charge on any atom is -0.481 e. The van der Waals surface area contributed by atoms with Crippen LogP contribution >= 0.6 is 11.6 Å². The van der Waals surface area contributed by atoms with Crippen molar-refractivity contribution in [1.82, 2.24) is 0 Å². The molecule has 0 aliphatic rings. The minimum absolute atomic E-state index is 0.234. The Balaban J connectivity index is 2.51. The number of hydrogen-bond acceptors (Lipinski definition) is 2. The van der Waals surface area contributed by atoms with Crippen molar-refractivity contribution in [2.45, 2.75) is 18.9 Å². The number of rotatable bonds is 4. The van der Waals surface area contributed by atoms with Crippen molar-refractivity contribution in [1.29, 1.82) is 0 Å². The summed E-state index contributed by atoms with van der Waals surface area (Å²) in [6, 6.07) is 6.97. The van der Waals surface area contributed by atoms with E-state index in [0.717, 1.165) is 5.56 Å². The Morgan fingerprint density at radius 1 is 1.36 bits per heavy atom. The summed E-state index contributed by atoms with van der Waals surface area (Å²) in [5.41, 5.74) is 0.878. The molecule has 0 radical (unpaired) electrons. The van der Waals surface area contributed by atoms with Crippen molar-refractivity contribution in [3.8, 4) is 0 Å². The highest BCUT2D eigenvalue weighted by molar-refractivity contribution is 6.30. The van der Waals surface area contributed by atoms with Crippen LogP contribution in [0, 0.1) is 0 Å². The molecule has 76 valence electrons. The van der Waals surface area contributed by atoms with Gasteiger partial charge in [0.25, 0.3) is 0 Å². The second kappa shape index (κ2) is 4.98. The number of carboxylic acids is 1. The Bertz CT molecular complexity index is 308. The topological polar surface area (TPSA) is 57.5 Å². The third kappa shape index (κ3) is 3.77. The standard InChI is InChI=1S/C10H11ClO3/c11-8-3-1-7(2-4-8)5-9(12)6-10(13)14/h1-4,9,12H,5-6H2,(H,13,14). The summed E-state index contributed by atoms with van der Waals surface area (Å²) in [7, 11) is 0. The number of hydrogen-bond donors (Lipinski definition) is 2. The zero-order valence-electron chi connectivity index (χ0n) is 7.48. The van der Waals surface area contributed by atoms with E-state index in [4.69, 9.17) is 16.7 Å².